The Bertz CT molecular complexity index is 4280. The van der Waals surface area contributed by atoms with Gasteiger partial charge in [0, 0.05) is 61.0 Å². The minimum absolute atomic E-state index is 0.0261. The smallest absolute Gasteiger partial charge is 0.260 e. The van der Waals surface area contributed by atoms with Crippen molar-refractivity contribution in [2.24, 2.45) is 0 Å². The van der Waals surface area contributed by atoms with Gasteiger partial charge in [-0.05, 0) is 111 Å². The number of nitrogens with zero attached hydrogens (tertiary/aromatic N) is 1. The van der Waals surface area contributed by atoms with Gasteiger partial charge >= 0.3 is 0 Å². The van der Waals surface area contributed by atoms with Crippen LogP contribution in [-0.2, 0) is 0 Å². The normalized spacial score (nSPS) is 10.3. The molecule has 0 radical (unpaired) electrons. The van der Waals surface area contributed by atoms with Crippen LogP contribution in [0.15, 0.2) is 240 Å². The Labute approximate surface area is 481 Å². The number of carbonyl (C=O) groups excluding carboxylic acids is 4. The summed E-state index contributed by atoms with van der Waals surface area (Å²) in [5.74, 6) is -0.562. The van der Waals surface area contributed by atoms with Gasteiger partial charge in [-0.2, -0.15) is 5.26 Å². The molecule has 11 rings (SSSR count). The second-order valence-corrected chi connectivity index (χ2v) is 19.4. The van der Waals surface area contributed by atoms with Crippen LogP contribution >= 0.6 is 0 Å². The molecule has 410 valence electrons. The maximum Gasteiger partial charge on any atom is 0.260 e. The van der Waals surface area contributed by atoms with Crippen molar-refractivity contribution in [2.75, 3.05) is 11.5 Å². The molecule has 0 saturated carbocycles. The number of nitrogen functional groups attached to an aromatic ring is 2. The van der Waals surface area contributed by atoms with Crippen LogP contribution in [0.3, 0.4) is 0 Å². The van der Waals surface area contributed by atoms with Crippen molar-refractivity contribution in [2.45, 2.75) is 34.6 Å². The van der Waals surface area contributed by atoms with Crippen molar-refractivity contribution in [3.63, 3.8) is 0 Å². The second-order valence-electron chi connectivity index (χ2n) is 19.4. The van der Waals surface area contributed by atoms with Gasteiger partial charge in [-0.1, -0.05) is 199 Å². The van der Waals surface area contributed by atoms with E-state index in [9.17, 15) is 28.8 Å². The van der Waals surface area contributed by atoms with E-state index in [1.165, 1.54) is 13.0 Å². The summed E-state index contributed by atoms with van der Waals surface area (Å²) in [6.45, 7) is 9.29. The summed E-state index contributed by atoms with van der Waals surface area (Å²) in [6.07, 6.45) is 4.03. The molecule has 11 nitrogen and oxygen atoms in total. The minimum Gasteiger partial charge on any atom is -0.398 e. The second kappa shape index (κ2) is 28.7. The highest BCUT2D eigenvalue weighted by atomic mass is 16.2. The molecular weight excluding hydrogens is 1030 g/mol. The summed E-state index contributed by atoms with van der Waals surface area (Å²) < 4.78 is 0. The Kier molecular flexibility index (Phi) is 20.6. The molecule has 0 spiro atoms. The number of nitriles is 1. The van der Waals surface area contributed by atoms with E-state index in [1.807, 2.05) is 216 Å². The molecule has 2 heterocycles. The molecule has 0 atom stereocenters. The van der Waals surface area contributed by atoms with Gasteiger partial charge in [0.05, 0.1) is 16.7 Å². The van der Waals surface area contributed by atoms with E-state index in [0.717, 1.165) is 72.6 Å². The van der Waals surface area contributed by atoms with Crippen molar-refractivity contribution >= 4 is 62.9 Å². The topological polar surface area (TPSA) is 210 Å². The number of aryl methyl sites for hydroxylation is 4. The molecule has 83 heavy (non-hydrogen) atoms. The Morgan fingerprint density at radius 3 is 1.35 bits per heavy atom. The van der Waals surface area contributed by atoms with Crippen LogP contribution in [0.2, 0.25) is 0 Å². The highest BCUT2D eigenvalue weighted by molar-refractivity contribution is 6.15. The molecule has 11 heteroatoms. The van der Waals surface area contributed by atoms with Gasteiger partial charge in [0.25, 0.3) is 11.1 Å². The number of aldehydes is 1. The number of carbonyl (C=O) groups is 4. The van der Waals surface area contributed by atoms with Gasteiger partial charge < -0.3 is 21.4 Å². The fourth-order valence-corrected chi connectivity index (χ4v) is 8.92. The molecule has 0 amide bonds. The first-order chi connectivity index (χ1) is 40.1. The standard InChI is InChI=1S/C25H19NO2.C18H15NO2.C14H13NO.C8H8N2.C7H6O/c1-17-12-14-21-20(16-17)23(19-10-6-3-7-11-19)24(25(28)26-21)22(27)15-13-18-8-4-2-5-9-18;1-11-8-9-15-14(10-11)17(13-6-4-3-5-7-13)16(12(2)20)18(21)19-15;1-10-7-8-13(15)12(9-10)14(16)11-5-3-2-4-6-11;1-6-2-3-8(10)7(4-6)5-9;8-6-7-4-2-1-3-5-7/h2-16H,1H3,(H,26,28);3-10H,1-2H3,(H,19,21);2-9H,15H2,1H3;2-4H,10H2,1H3;1-6H/b15-13+;;;;. The van der Waals surface area contributed by atoms with Gasteiger partial charge in [0.15, 0.2) is 17.3 Å². The van der Waals surface area contributed by atoms with Crippen molar-refractivity contribution in [3.05, 3.63) is 312 Å². The van der Waals surface area contributed by atoms with Crippen LogP contribution in [0.4, 0.5) is 11.4 Å². The number of aromatic amines is 2. The largest absolute Gasteiger partial charge is 0.398 e. The van der Waals surface area contributed by atoms with E-state index >= 15 is 0 Å². The van der Waals surface area contributed by atoms with Crippen molar-refractivity contribution < 1.29 is 19.2 Å². The molecule has 0 bridgehead atoms. The number of aromatic nitrogens is 2. The first-order valence-electron chi connectivity index (χ1n) is 26.5. The van der Waals surface area contributed by atoms with Gasteiger partial charge in [-0.15, -0.1) is 0 Å². The predicted molar refractivity (Wildman–Crippen MR) is 337 cm³/mol. The third kappa shape index (κ3) is 15.8. The molecule has 0 fully saturated rings. The predicted octanol–water partition coefficient (Wildman–Crippen LogP) is 14.9. The number of benzene rings is 9. The number of ketones is 3. The number of nitrogens with two attached hydrogens (primary N) is 2. The van der Waals surface area contributed by atoms with Crippen molar-refractivity contribution in [3.8, 4) is 28.3 Å². The van der Waals surface area contributed by atoms with E-state index in [2.05, 4.69) is 9.97 Å². The maximum atomic E-state index is 13.1. The maximum absolute atomic E-state index is 13.1. The molecule has 2 aromatic heterocycles. The Hall–Kier alpha value is -11.1. The molecular formula is C72H61N5O6. The van der Waals surface area contributed by atoms with E-state index in [-0.39, 0.29) is 39.6 Å². The Balaban J connectivity index is 0.000000159. The Morgan fingerprint density at radius 1 is 0.482 bits per heavy atom. The zero-order chi connectivity index (χ0) is 59.4. The number of pyridine rings is 2. The van der Waals surface area contributed by atoms with Gasteiger partial charge in [-0.3, -0.25) is 28.8 Å². The number of hydrogen-bond acceptors (Lipinski definition) is 9. The molecule has 0 saturated heterocycles. The third-order valence-electron chi connectivity index (χ3n) is 13.0. The van der Waals surface area contributed by atoms with Gasteiger partial charge in [-0.25, -0.2) is 0 Å². The number of Topliss-reactive ketones (excluding diaryl/α,β-unsaturated/α-hetero) is 1. The Morgan fingerprint density at radius 2 is 0.892 bits per heavy atom. The quantitative estimate of drug-likeness (QED) is 0.0468. The summed E-state index contributed by atoms with van der Waals surface area (Å²) in [5, 5.41) is 10.3. The summed E-state index contributed by atoms with van der Waals surface area (Å²) in [4.78, 5) is 78.0. The number of fused-ring (bicyclic) bond motifs is 2. The van der Waals surface area contributed by atoms with Crippen LogP contribution < -0.4 is 22.6 Å². The highest BCUT2D eigenvalue weighted by Crippen LogP contribution is 2.32. The third-order valence-corrected chi connectivity index (χ3v) is 13.0. The number of rotatable bonds is 9. The number of anilines is 2. The van der Waals surface area contributed by atoms with Crippen molar-refractivity contribution in [1.29, 1.82) is 5.26 Å². The van der Waals surface area contributed by atoms with Crippen LogP contribution in [0.1, 0.15) is 87.3 Å². The lowest BCUT2D eigenvalue weighted by Crippen LogP contribution is -2.18. The highest BCUT2D eigenvalue weighted by Gasteiger charge is 2.20. The van der Waals surface area contributed by atoms with E-state index in [0.29, 0.717) is 39.2 Å². The van der Waals surface area contributed by atoms with Crippen molar-refractivity contribution in [1.82, 2.24) is 9.97 Å². The number of nitrogens with one attached hydrogen (secondary N) is 2. The first-order valence-corrected chi connectivity index (χ1v) is 26.5. The lowest BCUT2D eigenvalue weighted by atomic mass is 9.93. The molecule has 6 N–H and O–H groups in total. The van der Waals surface area contributed by atoms with Crippen LogP contribution in [-0.4, -0.2) is 33.6 Å². The summed E-state index contributed by atoms with van der Waals surface area (Å²) >= 11 is 0. The SMILES string of the molecule is CC(=O)c1c(-c2ccccc2)c2cc(C)ccc2[nH]c1=O.Cc1ccc(N)c(C#N)c1.Cc1ccc(N)c(C(=O)c2ccccc2)c1.Cc1ccc2[nH]c(=O)c(C(=O)/C=C/c3ccccc3)c(-c3ccccc3)c2c1.O=Cc1ccccc1. The molecule has 9 aromatic carbocycles. The average molecular weight is 1090 g/mol. The molecule has 0 unspecified atom stereocenters. The fourth-order valence-electron chi connectivity index (χ4n) is 8.92. The summed E-state index contributed by atoms with van der Waals surface area (Å²) in [5.41, 5.74) is 24.3. The molecule has 0 aliphatic rings. The monoisotopic (exact) mass is 1090 g/mol. The van der Waals surface area contributed by atoms with Crippen LogP contribution in [0.5, 0.6) is 0 Å². The zero-order valence-electron chi connectivity index (χ0n) is 46.6. The lowest BCUT2D eigenvalue weighted by Gasteiger charge is -2.12. The van der Waals surface area contributed by atoms with Gasteiger partial charge in [0.2, 0.25) is 0 Å². The lowest BCUT2D eigenvalue weighted by molar-refractivity contribution is 0.101. The molecule has 0 aliphatic carbocycles. The van der Waals surface area contributed by atoms with E-state index < -0.39 is 0 Å². The van der Waals surface area contributed by atoms with Crippen LogP contribution in [0.25, 0.3) is 50.1 Å². The molecule has 0 aliphatic heterocycles. The summed E-state index contributed by atoms with van der Waals surface area (Å²) in [7, 11) is 0. The first kappa shape index (κ1) is 59.6. The number of H-pyrrole nitrogens is 2. The fraction of sp³-hybridized carbons (Fsp3) is 0.0694. The van der Waals surface area contributed by atoms with Gasteiger partial charge in [0.1, 0.15) is 12.4 Å². The molecule has 11 aromatic rings. The minimum atomic E-state index is -0.377. The number of hydrogen-bond donors (Lipinski definition) is 4. The summed E-state index contributed by atoms with van der Waals surface area (Å²) in [6, 6.07) is 71.5. The van der Waals surface area contributed by atoms with E-state index in [4.69, 9.17) is 16.7 Å². The average Bonchev–Trinajstić information content (AvgIpc) is 3.03. The number of allylic oxidation sites excluding steroid dienone is 1. The zero-order valence-corrected chi connectivity index (χ0v) is 46.6. The van der Waals surface area contributed by atoms with Crippen LogP contribution in [0, 0.1) is 39.0 Å². The van der Waals surface area contributed by atoms with E-state index in [1.54, 1.807) is 48.5 Å².